The fourth-order valence-electron chi connectivity index (χ4n) is 2.99. The first-order valence-corrected chi connectivity index (χ1v) is 7.35. The zero-order valence-electron chi connectivity index (χ0n) is 11.1. The second-order valence-corrected chi connectivity index (χ2v) is 5.33. The van der Waals surface area contributed by atoms with Gasteiger partial charge in [0.25, 0.3) is 0 Å². The highest BCUT2D eigenvalue weighted by Crippen LogP contribution is 2.35. The van der Waals surface area contributed by atoms with E-state index in [9.17, 15) is 0 Å². The molecule has 94 valence electrons. The first-order chi connectivity index (χ1) is 8.42. The van der Waals surface area contributed by atoms with Crippen LogP contribution in [0.2, 0.25) is 0 Å². The van der Waals surface area contributed by atoms with Crippen LogP contribution in [0.15, 0.2) is 18.3 Å². The zero-order chi connectivity index (χ0) is 11.9. The van der Waals surface area contributed by atoms with Crippen molar-refractivity contribution in [1.82, 2.24) is 4.98 Å². The van der Waals surface area contributed by atoms with Gasteiger partial charge in [0, 0.05) is 11.9 Å². The molecule has 0 unspecified atom stereocenters. The van der Waals surface area contributed by atoms with Crippen LogP contribution in [0.25, 0.3) is 0 Å². The Labute approximate surface area is 106 Å². The minimum absolute atomic E-state index is 0.810. The number of rotatable bonds is 6. The van der Waals surface area contributed by atoms with Crippen molar-refractivity contribution in [3.05, 3.63) is 29.6 Å². The van der Waals surface area contributed by atoms with Crippen molar-refractivity contribution in [3.63, 3.8) is 0 Å². The smallest absolute Gasteiger partial charge is 0.0438 e. The molecule has 1 heterocycles. The minimum Gasteiger partial charge on any atom is -0.261 e. The largest absolute Gasteiger partial charge is 0.261 e. The molecular weight excluding hydrogens is 206 g/mol. The summed E-state index contributed by atoms with van der Waals surface area (Å²) < 4.78 is 0. The number of hydrogen-bond donors (Lipinski definition) is 0. The first kappa shape index (κ1) is 12.6. The Morgan fingerprint density at radius 1 is 1.18 bits per heavy atom. The van der Waals surface area contributed by atoms with Crippen molar-refractivity contribution in [3.8, 4) is 0 Å². The summed E-state index contributed by atoms with van der Waals surface area (Å²) >= 11 is 0. The van der Waals surface area contributed by atoms with E-state index in [1.807, 2.05) is 6.20 Å². The number of hydrogen-bond acceptors (Lipinski definition) is 1. The molecule has 1 heteroatoms. The van der Waals surface area contributed by atoms with E-state index < -0.39 is 0 Å². The minimum atomic E-state index is 0.810. The molecule has 0 aliphatic heterocycles. The fraction of sp³-hybridized carbons (Fsp3) is 0.688. The lowest BCUT2D eigenvalue weighted by molar-refractivity contribution is 0.644. The average Bonchev–Trinajstić information content (AvgIpc) is 2.89. The van der Waals surface area contributed by atoms with Crippen molar-refractivity contribution in [2.45, 2.75) is 70.6 Å². The Hall–Kier alpha value is -0.850. The maximum absolute atomic E-state index is 4.62. The lowest BCUT2D eigenvalue weighted by Gasteiger charge is -2.14. The third-order valence-corrected chi connectivity index (χ3v) is 3.99. The second-order valence-electron chi connectivity index (χ2n) is 5.33. The van der Waals surface area contributed by atoms with Gasteiger partial charge in [0.05, 0.1) is 0 Å². The molecule has 0 amide bonds. The fourth-order valence-corrected chi connectivity index (χ4v) is 2.99. The van der Waals surface area contributed by atoms with Gasteiger partial charge in [-0.15, -0.1) is 0 Å². The summed E-state index contributed by atoms with van der Waals surface area (Å²) in [7, 11) is 0. The molecule has 1 aliphatic carbocycles. The lowest BCUT2D eigenvalue weighted by atomic mass is 9.94. The highest BCUT2D eigenvalue weighted by molar-refractivity contribution is 5.25. The number of pyridine rings is 1. The van der Waals surface area contributed by atoms with Gasteiger partial charge >= 0.3 is 0 Å². The molecule has 0 spiro atoms. The molecule has 1 aromatic rings. The summed E-state index contributed by atoms with van der Waals surface area (Å²) in [5.74, 6) is 0.810. The van der Waals surface area contributed by atoms with Crippen LogP contribution < -0.4 is 0 Å². The molecule has 17 heavy (non-hydrogen) atoms. The third-order valence-electron chi connectivity index (χ3n) is 3.99. The van der Waals surface area contributed by atoms with Gasteiger partial charge in [-0.2, -0.15) is 0 Å². The van der Waals surface area contributed by atoms with E-state index in [4.69, 9.17) is 0 Å². The monoisotopic (exact) mass is 231 g/mol. The van der Waals surface area contributed by atoms with Crippen LogP contribution in [0, 0.1) is 0 Å². The average molecular weight is 231 g/mol. The van der Waals surface area contributed by atoms with Gasteiger partial charge in [0.15, 0.2) is 0 Å². The molecule has 2 rings (SSSR count). The summed E-state index contributed by atoms with van der Waals surface area (Å²) in [5, 5.41) is 0. The van der Waals surface area contributed by atoms with E-state index in [-0.39, 0.29) is 0 Å². The lowest BCUT2D eigenvalue weighted by Crippen LogP contribution is -2.01. The van der Waals surface area contributed by atoms with Crippen molar-refractivity contribution in [2.75, 3.05) is 0 Å². The predicted molar refractivity (Wildman–Crippen MR) is 73.3 cm³/mol. The summed E-state index contributed by atoms with van der Waals surface area (Å²) in [6.07, 6.45) is 14.1. The van der Waals surface area contributed by atoms with E-state index in [0.717, 1.165) is 5.92 Å². The molecule has 1 saturated carbocycles. The van der Waals surface area contributed by atoms with Crippen LogP contribution in [0.3, 0.4) is 0 Å². The van der Waals surface area contributed by atoms with Crippen molar-refractivity contribution in [1.29, 1.82) is 0 Å². The molecule has 1 fully saturated rings. The number of aryl methyl sites for hydroxylation is 1. The van der Waals surface area contributed by atoms with Gasteiger partial charge < -0.3 is 0 Å². The van der Waals surface area contributed by atoms with Gasteiger partial charge in [-0.05, 0) is 43.2 Å². The molecule has 0 atom stereocenters. The van der Waals surface area contributed by atoms with E-state index in [2.05, 4.69) is 24.0 Å². The van der Waals surface area contributed by atoms with Crippen molar-refractivity contribution >= 4 is 0 Å². The van der Waals surface area contributed by atoms with Gasteiger partial charge in [0.2, 0.25) is 0 Å². The Kier molecular flexibility index (Phi) is 5.03. The van der Waals surface area contributed by atoms with Crippen molar-refractivity contribution in [2.24, 2.45) is 0 Å². The Morgan fingerprint density at radius 3 is 2.76 bits per heavy atom. The first-order valence-electron chi connectivity index (χ1n) is 7.35. The van der Waals surface area contributed by atoms with E-state index >= 15 is 0 Å². The number of aromatic nitrogens is 1. The molecule has 0 radical (unpaired) electrons. The van der Waals surface area contributed by atoms with E-state index in [1.54, 1.807) is 5.56 Å². The maximum Gasteiger partial charge on any atom is 0.0438 e. The summed E-state index contributed by atoms with van der Waals surface area (Å²) in [4.78, 5) is 4.62. The number of nitrogens with zero attached hydrogens (tertiary/aromatic N) is 1. The normalized spacial score (nSPS) is 16.5. The Balaban J connectivity index is 1.95. The molecule has 0 saturated heterocycles. The molecule has 1 aliphatic rings. The van der Waals surface area contributed by atoms with Gasteiger partial charge in [-0.3, -0.25) is 4.98 Å². The Bertz CT molecular complexity index is 326. The predicted octanol–water partition coefficient (Wildman–Crippen LogP) is 4.86. The van der Waals surface area contributed by atoms with Gasteiger partial charge in [-0.1, -0.05) is 45.1 Å². The van der Waals surface area contributed by atoms with Gasteiger partial charge in [-0.25, -0.2) is 0 Å². The summed E-state index contributed by atoms with van der Waals surface area (Å²) in [6, 6.07) is 4.43. The van der Waals surface area contributed by atoms with Crippen LogP contribution in [0.1, 0.15) is 75.5 Å². The molecule has 0 aromatic carbocycles. The van der Waals surface area contributed by atoms with E-state index in [1.165, 1.54) is 63.5 Å². The van der Waals surface area contributed by atoms with Crippen molar-refractivity contribution < 1.29 is 0 Å². The molecule has 1 aromatic heterocycles. The quantitative estimate of drug-likeness (QED) is 0.637. The van der Waals surface area contributed by atoms with Crippen LogP contribution in [-0.2, 0) is 6.42 Å². The second kappa shape index (κ2) is 6.78. The van der Waals surface area contributed by atoms with Crippen LogP contribution >= 0.6 is 0 Å². The van der Waals surface area contributed by atoms with E-state index in [0.29, 0.717) is 0 Å². The number of unbranched alkanes of at least 4 members (excludes halogenated alkanes) is 3. The topological polar surface area (TPSA) is 12.9 Å². The Morgan fingerprint density at radius 2 is 2.00 bits per heavy atom. The third kappa shape index (κ3) is 3.55. The molecular formula is C16H25N. The highest BCUT2D eigenvalue weighted by atomic mass is 14.7. The van der Waals surface area contributed by atoms with Crippen LogP contribution in [-0.4, -0.2) is 4.98 Å². The molecule has 0 N–H and O–H groups in total. The molecule has 1 nitrogen and oxygen atoms in total. The SMILES string of the molecule is CCCCCCc1ncccc1C1CCCC1. The zero-order valence-corrected chi connectivity index (χ0v) is 11.1. The van der Waals surface area contributed by atoms with Gasteiger partial charge in [0.1, 0.15) is 0 Å². The standard InChI is InChI=1S/C16H25N/c1-2-3-4-5-12-16-15(11-8-13-17-16)14-9-6-7-10-14/h8,11,13-14H,2-7,9-10,12H2,1H3. The maximum atomic E-state index is 4.62. The van der Waals surface area contributed by atoms with Crippen LogP contribution in [0.4, 0.5) is 0 Å². The highest BCUT2D eigenvalue weighted by Gasteiger charge is 2.19. The molecule has 0 bridgehead atoms. The summed E-state index contributed by atoms with van der Waals surface area (Å²) in [6.45, 7) is 2.27. The van der Waals surface area contributed by atoms with Crippen LogP contribution in [0.5, 0.6) is 0 Å². The summed E-state index contributed by atoms with van der Waals surface area (Å²) in [5.41, 5.74) is 2.94.